The minimum Gasteiger partial charge on any atom is -0.508 e. The van der Waals surface area contributed by atoms with Gasteiger partial charge in [0, 0.05) is 29.8 Å². The Morgan fingerprint density at radius 2 is 1.64 bits per heavy atom. The third-order valence-corrected chi connectivity index (χ3v) is 6.69. The van der Waals surface area contributed by atoms with Crippen molar-refractivity contribution in [2.24, 2.45) is 0 Å². The third kappa shape index (κ3) is 6.42. The zero-order valence-electron chi connectivity index (χ0n) is 19.5. The lowest BCUT2D eigenvalue weighted by atomic mass is 9.99. The van der Waals surface area contributed by atoms with Crippen molar-refractivity contribution >= 4 is 33.6 Å². The number of hydrogen-bond donors (Lipinski definition) is 4. The summed E-state index contributed by atoms with van der Waals surface area (Å²) in [7, 11) is 0. The van der Waals surface area contributed by atoms with Gasteiger partial charge in [-0.2, -0.15) is 0 Å². The SMILES string of the molecule is O=C(Nc1ccc(Br)cc1)N(Cc1ccc(O)cc1)C[C@H](O)[C@@H](O)C(=O)N1CCc2ccccc2C1. The smallest absolute Gasteiger partial charge is 0.322 e. The number of urea groups is 1. The largest absolute Gasteiger partial charge is 0.508 e. The summed E-state index contributed by atoms with van der Waals surface area (Å²) in [5, 5.41) is 33.8. The fourth-order valence-electron chi connectivity index (χ4n) is 4.14. The maximum absolute atomic E-state index is 13.1. The molecule has 0 fully saturated rings. The predicted molar refractivity (Wildman–Crippen MR) is 139 cm³/mol. The van der Waals surface area contributed by atoms with Crippen molar-refractivity contribution in [2.45, 2.75) is 31.7 Å². The maximum Gasteiger partial charge on any atom is 0.322 e. The monoisotopic (exact) mass is 553 g/mol. The molecule has 36 heavy (non-hydrogen) atoms. The molecule has 0 spiro atoms. The zero-order chi connectivity index (χ0) is 25.7. The molecule has 0 bridgehead atoms. The Hall–Kier alpha value is -3.40. The van der Waals surface area contributed by atoms with E-state index in [4.69, 9.17) is 0 Å². The van der Waals surface area contributed by atoms with Crippen LogP contribution in [0, 0.1) is 0 Å². The minimum atomic E-state index is -1.68. The number of carbonyl (C=O) groups excluding carboxylic acids is 2. The first-order valence-electron chi connectivity index (χ1n) is 11.6. The Labute approximate surface area is 217 Å². The van der Waals surface area contributed by atoms with Crippen molar-refractivity contribution in [3.8, 4) is 5.75 Å². The summed E-state index contributed by atoms with van der Waals surface area (Å²) in [5.74, 6) is -0.483. The van der Waals surface area contributed by atoms with E-state index in [0.29, 0.717) is 30.8 Å². The summed E-state index contributed by atoms with van der Waals surface area (Å²) in [6.07, 6.45) is -2.51. The number of carbonyl (C=O) groups is 2. The highest BCUT2D eigenvalue weighted by molar-refractivity contribution is 9.10. The molecule has 2 atom stereocenters. The Morgan fingerprint density at radius 3 is 2.33 bits per heavy atom. The summed E-state index contributed by atoms with van der Waals surface area (Å²) in [5.41, 5.74) is 3.44. The average molecular weight is 554 g/mol. The summed E-state index contributed by atoms with van der Waals surface area (Å²) >= 11 is 3.35. The quantitative estimate of drug-likeness (QED) is 0.357. The second kappa shape index (κ2) is 11.6. The number of aromatic hydroxyl groups is 1. The third-order valence-electron chi connectivity index (χ3n) is 6.16. The van der Waals surface area contributed by atoms with Crippen LogP contribution in [0.25, 0.3) is 0 Å². The van der Waals surface area contributed by atoms with E-state index in [9.17, 15) is 24.9 Å². The molecular weight excluding hydrogens is 526 g/mol. The van der Waals surface area contributed by atoms with Crippen molar-refractivity contribution in [3.05, 3.63) is 94.0 Å². The predicted octanol–water partition coefficient (Wildman–Crippen LogP) is 3.50. The summed E-state index contributed by atoms with van der Waals surface area (Å²) in [6.45, 7) is 0.624. The number of anilines is 1. The first-order chi connectivity index (χ1) is 17.3. The van der Waals surface area contributed by atoms with Crippen LogP contribution in [-0.2, 0) is 24.3 Å². The van der Waals surface area contributed by atoms with E-state index in [2.05, 4.69) is 21.2 Å². The molecule has 0 aromatic heterocycles. The molecule has 0 aliphatic carbocycles. The molecule has 3 aromatic rings. The molecule has 3 aromatic carbocycles. The summed E-state index contributed by atoms with van der Waals surface area (Å²) < 4.78 is 0.860. The molecule has 3 amide bonds. The van der Waals surface area contributed by atoms with Crippen molar-refractivity contribution in [2.75, 3.05) is 18.4 Å². The molecule has 9 heteroatoms. The topological polar surface area (TPSA) is 113 Å². The zero-order valence-corrected chi connectivity index (χ0v) is 21.1. The second-order valence-corrected chi connectivity index (χ2v) is 9.69. The number of amides is 3. The van der Waals surface area contributed by atoms with Gasteiger partial charge in [-0.3, -0.25) is 4.79 Å². The molecule has 0 radical (unpaired) electrons. The van der Waals surface area contributed by atoms with Gasteiger partial charge in [-0.25, -0.2) is 4.79 Å². The lowest BCUT2D eigenvalue weighted by Crippen LogP contribution is -2.51. The van der Waals surface area contributed by atoms with Crippen LogP contribution in [0.3, 0.4) is 0 Å². The highest BCUT2D eigenvalue weighted by Gasteiger charge is 2.32. The second-order valence-electron chi connectivity index (χ2n) is 8.77. The van der Waals surface area contributed by atoms with Crippen LogP contribution < -0.4 is 5.32 Å². The van der Waals surface area contributed by atoms with Gasteiger partial charge in [0.2, 0.25) is 0 Å². The molecule has 0 saturated carbocycles. The van der Waals surface area contributed by atoms with Gasteiger partial charge in [-0.15, -0.1) is 0 Å². The van der Waals surface area contributed by atoms with Gasteiger partial charge in [-0.05, 0) is 59.5 Å². The van der Waals surface area contributed by atoms with Gasteiger partial charge in [0.05, 0.1) is 6.54 Å². The van der Waals surface area contributed by atoms with Crippen molar-refractivity contribution in [3.63, 3.8) is 0 Å². The van der Waals surface area contributed by atoms with Crippen LogP contribution in [0.2, 0.25) is 0 Å². The van der Waals surface area contributed by atoms with E-state index >= 15 is 0 Å². The van der Waals surface area contributed by atoms with Crippen molar-refractivity contribution in [1.82, 2.24) is 9.80 Å². The molecule has 4 N–H and O–H groups in total. The van der Waals surface area contributed by atoms with Crippen molar-refractivity contribution < 1.29 is 24.9 Å². The number of nitrogens with one attached hydrogen (secondary N) is 1. The fraction of sp³-hybridized carbons (Fsp3) is 0.259. The number of aliphatic hydroxyl groups is 2. The molecule has 1 heterocycles. The van der Waals surface area contributed by atoms with Crippen molar-refractivity contribution in [1.29, 1.82) is 0 Å². The molecule has 1 aliphatic heterocycles. The number of rotatable bonds is 7. The molecule has 188 valence electrons. The van der Waals surface area contributed by atoms with Crippen LogP contribution in [0.1, 0.15) is 16.7 Å². The first-order valence-corrected chi connectivity index (χ1v) is 12.4. The van der Waals surface area contributed by atoms with Crippen LogP contribution in [0.15, 0.2) is 77.3 Å². The Balaban J connectivity index is 1.45. The van der Waals surface area contributed by atoms with E-state index in [-0.39, 0.29) is 18.8 Å². The van der Waals surface area contributed by atoms with Crippen LogP contribution in [0.4, 0.5) is 10.5 Å². The number of nitrogens with zero attached hydrogens (tertiary/aromatic N) is 2. The fourth-order valence-corrected chi connectivity index (χ4v) is 4.40. The van der Waals surface area contributed by atoms with E-state index in [0.717, 1.165) is 10.0 Å². The highest BCUT2D eigenvalue weighted by atomic mass is 79.9. The van der Waals surface area contributed by atoms with Gasteiger partial charge in [0.15, 0.2) is 6.10 Å². The Kier molecular flexibility index (Phi) is 8.25. The number of hydrogen-bond acceptors (Lipinski definition) is 5. The van der Waals surface area contributed by atoms with Gasteiger partial charge in [0.1, 0.15) is 11.9 Å². The maximum atomic E-state index is 13.1. The lowest BCUT2D eigenvalue weighted by molar-refractivity contribution is -0.147. The van der Waals surface area contributed by atoms with E-state index < -0.39 is 24.1 Å². The number of fused-ring (bicyclic) bond motifs is 1. The van der Waals surface area contributed by atoms with Crippen LogP contribution in [0.5, 0.6) is 5.75 Å². The lowest BCUT2D eigenvalue weighted by Gasteiger charge is -2.33. The summed E-state index contributed by atoms with van der Waals surface area (Å²) in [4.78, 5) is 28.9. The minimum absolute atomic E-state index is 0.0915. The number of halogens is 1. The first kappa shape index (κ1) is 25.7. The van der Waals surface area contributed by atoms with Crippen LogP contribution in [-0.4, -0.2) is 62.4 Å². The molecular formula is C27H28BrN3O5. The molecule has 4 rings (SSSR count). The summed E-state index contributed by atoms with van der Waals surface area (Å²) in [6, 6.07) is 20.7. The van der Waals surface area contributed by atoms with Gasteiger partial charge in [-0.1, -0.05) is 52.3 Å². The normalized spacial score (nSPS) is 14.5. The molecule has 0 unspecified atom stereocenters. The van der Waals surface area contributed by atoms with E-state index in [1.54, 1.807) is 36.4 Å². The highest BCUT2D eigenvalue weighted by Crippen LogP contribution is 2.21. The number of aliphatic hydroxyl groups excluding tert-OH is 2. The van der Waals surface area contributed by atoms with Gasteiger partial charge >= 0.3 is 6.03 Å². The Morgan fingerprint density at radius 1 is 0.972 bits per heavy atom. The van der Waals surface area contributed by atoms with Gasteiger partial charge < -0.3 is 30.4 Å². The number of phenols is 1. The standard InChI is InChI=1S/C27H28BrN3O5/c28-21-7-9-22(10-8-21)29-27(36)31(15-18-5-11-23(32)12-6-18)17-24(33)25(34)26(35)30-14-13-19-3-1-2-4-20(19)16-30/h1-12,24-25,32-34H,13-17H2,(H,29,36)/t24-,25+/m0/s1. The van der Waals surface area contributed by atoms with E-state index in [1.165, 1.54) is 27.5 Å². The Bertz CT molecular complexity index is 1200. The average Bonchev–Trinajstić information content (AvgIpc) is 2.89. The number of phenolic OH excluding ortho intramolecular Hbond substituents is 1. The van der Waals surface area contributed by atoms with Crippen LogP contribution >= 0.6 is 15.9 Å². The molecule has 0 saturated heterocycles. The molecule has 8 nitrogen and oxygen atoms in total. The van der Waals surface area contributed by atoms with E-state index in [1.807, 2.05) is 24.3 Å². The number of benzene rings is 3. The van der Waals surface area contributed by atoms with Gasteiger partial charge in [0.25, 0.3) is 5.91 Å². The molecule has 1 aliphatic rings.